The predicted molar refractivity (Wildman–Crippen MR) is 129 cm³/mol. The van der Waals surface area contributed by atoms with Gasteiger partial charge in [0.15, 0.2) is 0 Å². The molecule has 0 spiro atoms. The molecule has 0 aromatic rings. The van der Waals surface area contributed by atoms with Gasteiger partial charge in [0.25, 0.3) is 0 Å². The number of carboxylic acid groups (broad SMARTS) is 1. The summed E-state index contributed by atoms with van der Waals surface area (Å²) < 4.78 is 0. The fourth-order valence-electron chi connectivity index (χ4n) is 3.58. The summed E-state index contributed by atoms with van der Waals surface area (Å²) in [6.45, 7) is 2.84. The van der Waals surface area contributed by atoms with Crippen molar-refractivity contribution < 1.29 is 20.1 Å². The van der Waals surface area contributed by atoms with Gasteiger partial charge in [-0.15, -0.1) is 0 Å². The van der Waals surface area contributed by atoms with Crippen molar-refractivity contribution in [2.24, 2.45) is 0 Å². The van der Waals surface area contributed by atoms with Crippen LogP contribution < -0.4 is 0 Å². The number of carboxylic acids is 1. The van der Waals surface area contributed by atoms with E-state index in [9.17, 15) is 4.79 Å². The first-order chi connectivity index (χ1) is 14.7. The average Bonchev–Trinajstić information content (AvgIpc) is 2.74. The van der Waals surface area contributed by atoms with E-state index in [2.05, 4.69) is 6.92 Å². The topological polar surface area (TPSA) is 77.8 Å². The Kier molecular flexibility index (Phi) is 32.2. The normalized spacial score (nSPS) is 10.6. The van der Waals surface area contributed by atoms with Gasteiger partial charge in [-0.05, 0) is 19.3 Å². The lowest BCUT2D eigenvalue weighted by Gasteiger charge is -2.03. The molecule has 182 valence electrons. The summed E-state index contributed by atoms with van der Waals surface area (Å²) in [6, 6.07) is 0. The van der Waals surface area contributed by atoms with Crippen molar-refractivity contribution in [2.75, 3.05) is 13.2 Å². The maximum atomic E-state index is 10.4. The van der Waals surface area contributed by atoms with Gasteiger partial charge in [-0.25, -0.2) is 0 Å². The smallest absolute Gasteiger partial charge is 0.303 e. The number of aliphatic hydroxyl groups excluding tert-OH is 2. The Labute approximate surface area is 187 Å². The Morgan fingerprint density at radius 3 is 1.00 bits per heavy atom. The number of hydrogen-bond donors (Lipinski definition) is 3. The molecule has 30 heavy (non-hydrogen) atoms. The van der Waals surface area contributed by atoms with Crippen LogP contribution >= 0.6 is 0 Å². The van der Waals surface area contributed by atoms with Crippen molar-refractivity contribution in [3.05, 3.63) is 0 Å². The first-order valence-corrected chi connectivity index (χ1v) is 13.1. The third kappa shape index (κ3) is 34.9. The molecule has 0 heterocycles. The molecule has 3 N–H and O–H groups in total. The van der Waals surface area contributed by atoms with Gasteiger partial charge in [0.1, 0.15) is 0 Å². The molecule has 0 aliphatic rings. The van der Waals surface area contributed by atoms with Crippen molar-refractivity contribution in [3.63, 3.8) is 0 Å². The second-order valence-electron chi connectivity index (χ2n) is 8.66. The summed E-state index contributed by atoms with van der Waals surface area (Å²) in [5.41, 5.74) is 0. The Morgan fingerprint density at radius 2 is 0.733 bits per heavy atom. The van der Waals surface area contributed by atoms with Crippen LogP contribution in [-0.4, -0.2) is 34.5 Å². The highest BCUT2D eigenvalue weighted by molar-refractivity contribution is 5.66. The lowest BCUT2D eigenvalue weighted by Crippen LogP contribution is -1.93. The van der Waals surface area contributed by atoms with Crippen molar-refractivity contribution in [1.29, 1.82) is 0 Å². The average molecular weight is 431 g/mol. The van der Waals surface area contributed by atoms with Gasteiger partial charge in [-0.1, -0.05) is 122 Å². The van der Waals surface area contributed by atoms with E-state index in [0.717, 1.165) is 38.5 Å². The van der Waals surface area contributed by atoms with Crippen LogP contribution in [0, 0.1) is 0 Å². The van der Waals surface area contributed by atoms with Crippen LogP contribution in [0.15, 0.2) is 0 Å². The lowest BCUT2D eigenvalue weighted by atomic mass is 10.0. The van der Waals surface area contributed by atoms with Gasteiger partial charge in [0.2, 0.25) is 0 Å². The summed E-state index contributed by atoms with van der Waals surface area (Å²) in [7, 11) is 0. The largest absolute Gasteiger partial charge is 0.481 e. The summed E-state index contributed by atoms with van der Waals surface area (Å²) in [6.07, 6.45) is 27.0. The second kappa shape index (κ2) is 30.6. The van der Waals surface area contributed by atoms with E-state index >= 15 is 0 Å². The lowest BCUT2D eigenvalue weighted by molar-refractivity contribution is -0.137. The molecular weight excluding hydrogens is 376 g/mol. The highest BCUT2D eigenvalue weighted by Gasteiger charge is 1.97. The van der Waals surface area contributed by atoms with Crippen LogP contribution in [0.1, 0.15) is 148 Å². The zero-order valence-corrected chi connectivity index (χ0v) is 20.2. The summed E-state index contributed by atoms with van der Waals surface area (Å²) in [4.78, 5) is 10.4. The van der Waals surface area contributed by atoms with Crippen LogP contribution in [0.4, 0.5) is 0 Å². The highest BCUT2D eigenvalue weighted by atomic mass is 16.4. The number of aliphatic hydroxyl groups is 2. The minimum atomic E-state index is -0.652. The molecule has 4 nitrogen and oxygen atoms in total. The van der Waals surface area contributed by atoms with Crippen molar-refractivity contribution in [3.8, 4) is 0 Å². The molecule has 0 aliphatic heterocycles. The number of aliphatic carboxylic acids is 1. The molecule has 0 bridgehead atoms. The van der Waals surface area contributed by atoms with E-state index in [1.165, 1.54) is 96.3 Å². The van der Waals surface area contributed by atoms with Gasteiger partial charge >= 0.3 is 5.97 Å². The molecule has 0 amide bonds. The Balaban J connectivity index is 0. The van der Waals surface area contributed by atoms with Gasteiger partial charge in [-0.3, -0.25) is 4.79 Å². The minimum absolute atomic E-state index is 0.283. The molecule has 0 saturated carbocycles. The van der Waals surface area contributed by atoms with E-state index in [1.54, 1.807) is 0 Å². The zero-order chi connectivity index (χ0) is 22.5. The van der Waals surface area contributed by atoms with Gasteiger partial charge < -0.3 is 15.3 Å². The maximum Gasteiger partial charge on any atom is 0.303 e. The molecule has 0 aromatic heterocycles. The molecule has 0 aromatic carbocycles. The monoisotopic (exact) mass is 430 g/mol. The van der Waals surface area contributed by atoms with Crippen molar-refractivity contribution in [2.45, 2.75) is 148 Å². The van der Waals surface area contributed by atoms with E-state index in [0.29, 0.717) is 6.42 Å². The Morgan fingerprint density at radius 1 is 0.467 bits per heavy atom. The number of hydrogen-bond acceptors (Lipinski definition) is 3. The summed E-state index contributed by atoms with van der Waals surface area (Å²) in [5, 5.41) is 25.1. The first-order valence-electron chi connectivity index (χ1n) is 13.1. The van der Waals surface area contributed by atoms with Crippen LogP contribution in [0.2, 0.25) is 0 Å². The number of carbonyl (C=O) groups is 1. The van der Waals surface area contributed by atoms with Crippen LogP contribution in [0.5, 0.6) is 0 Å². The summed E-state index contributed by atoms with van der Waals surface area (Å²) >= 11 is 0. The maximum absolute atomic E-state index is 10.4. The molecule has 0 aliphatic carbocycles. The molecule has 0 atom stereocenters. The standard InChI is InChI=1S/C20H40O2.C6H14O2/c1-2-3-4-5-6-7-8-9-10-11-12-13-14-15-16-17-18-19-20(21)22;7-5-3-1-2-4-6-8/h2-19H2,1H3,(H,21,22);7-8H,1-6H2. The van der Waals surface area contributed by atoms with E-state index < -0.39 is 5.97 Å². The summed E-state index contributed by atoms with van der Waals surface area (Å²) in [5.74, 6) is -0.652. The third-order valence-corrected chi connectivity index (χ3v) is 5.56. The van der Waals surface area contributed by atoms with Crippen molar-refractivity contribution >= 4 is 5.97 Å². The number of unbranched alkanes of at least 4 members (excludes halogenated alkanes) is 19. The fourth-order valence-corrected chi connectivity index (χ4v) is 3.58. The second-order valence-corrected chi connectivity index (χ2v) is 8.66. The molecular formula is C26H54O4. The SMILES string of the molecule is CCCCCCCCCCCCCCCCCCCC(=O)O.OCCCCCCO. The quantitative estimate of drug-likeness (QED) is 0.145. The van der Waals surface area contributed by atoms with Crippen LogP contribution in [0.3, 0.4) is 0 Å². The zero-order valence-electron chi connectivity index (χ0n) is 20.2. The molecule has 0 rings (SSSR count). The van der Waals surface area contributed by atoms with Crippen LogP contribution in [0.25, 0.3) is 0 Å². The molecule has 0 unspecified atom stereocenters. The molecule has 0 radical (unpaired) electrons. The Bertz CT molecular complexity index is 301. The molecule has 4 heteroatoms. The Hall–Kier alpha value is -0.610. The van der Waals surface area contributed by atoms with Crippen LogP contribution in [-0.2, 0) is 4.79 Å². The van der Waals surface area contributed by atoms with E-state index in [-0.39, 0.29) is 13.2 Å². The van der Waals surface area contributed by atoms with E-state index in [1.807, 2.05) is 0 Å². The number of rotatable bonds is 23. The third-order valence-electron chi connectivity index (χ3n) is 5.56. The van der Waals surface area contributed by atoms with Crippen molar-refractivity contribution in [1.82, 2.24) is 0 Å². The van der Waals surface area contributed by atoms with Gasteiger partial charge in [-0.2, -0.15) is 0 Å². The van der Waals surface area contributed by atoms with Gasteiger partial charge in [0, 0.05) is 19.6 Å². The van der Waals surface area contributed by atoms with E-state index in [4.69, 9.17) is 15.3 Å². The highest BCUT2D eigenvalue weighted by Crippen LogP contribution is 2.14. The molecule has 0 fully saturated rings. The molecule has 0 saturated heterocycles. The van der Waals surface area contributed by atoms with Gasteiger partial charge in [0.05, 0.1) is 0 Å². The first kappa shape index (κ1) is 31.6. The minimum Gasteiger partial charge on any atom is -0.481 e. The predicted octanol–water partition coefficient (Wildman–Crippen LogP) is 7.64. The fraction of sp³-hybridized carbons (Fsp3) is 0.962.